The zero-order valence-corrected chi connectivity index (χ0v) is 17.7. The number of amidine groups is 2. The number of hydrogen-bond acceptors (Lipinski definition) is 2. The van der Waals surface area contributed by atoms with Crippen LogP contribution in [0.4, 0.5) is 0 Å². The second kappa shape index (κ2) is 6.87. The topological polar surface area (TPSA) is 52.9 Å². The molecule has 0 aromatic rings. The molecule has 0 saturated carbocycles. The van der Waals surface area contributed by atoms with E-state index in [1.807, 2.05) is 0 Å². The first kappa shape index (κ1) is 20.7. The third-order valence-corrected chi connectivity index (χ3v) is 6.37. The van der Waals surface area contributed by atoms with E-state index in [0.717, 1.165) is 24.8 Å². The molecule has 2 unspecified atom stereocenters. The van der Waals surface area contributed by atoms with E-state index in [9.17, 15) is 0 Å². The van der Waals surface area contributed by atoms with Crippen LogP contribution in [-0.4, -0.2) is 35.8 Å². The van der Waals surface area contributed by atoms with Gasteiger partial charge in [-0.15, -0.1) is 0 Å². The van der Waals surface area contributed by atoms with Gasteiger partial charge in [0.05, 0.1) is 0 Å². The summed E-state index contributed by atoms with van der Waals surface area (Å²) in [6.45, 7) is 15.4. The summed E-state index contributed by atoms with van der Waals surface area (Å²) < 4.78 is 0. The van der Waals surface area contributed by atoms with Crippen molar-refractivity contribution in [1.29, 1.82) is 0 Å². The van der Waals surface area contributed by atoms with Crippen LogP contribution in [-0.2, 0) is 16.5 Å². The van der Waals surface area contributed by atoms with E-state index in [1.165, 1.54) is 38.5 Å². The molecule has 0 radical (unpaired) electrons. The van der Waals surface area contributed by atoms with E-state index in [-0.39, 0.29) is 27.6 Å². The zero-order chi connectivity index (χ0) is 17.6. The minimum Gasteiger partial charge on any atom is -0.469 e. The number of nitrogens with zero attached hydrogens (tertiary/aromatic N) is 4. The van der Waals surface area contributed by atoms with Crippen molar-refractivity contribution in [3.05, 3.63) is 10.6 Å². The smallest absolute Gasteiger partial charge is 0.469 e. The van der Waals surface area contributed by atoms with E-state index in [1.54, 1.807) is 0 Å². The van der Waals surface area contributed by atoms with Crippen molar-refractivity contribution >= 4 is 11.7 Å². The predicted molar refractivity (Wildman–Crippen MR) is 103 cm³/mol. The fourth-order valence-corrected chi connectivity index (χ4v) is 5.18. The van der Waals surface area contributed by atoms with Crippen LogP contribution in [0, 0.1) is 10.8 Å². The summed E-state index contributed by atoms with van der Waals surface area (Å²) in [4.78, 5) is 8.97. The van der Waals surface area contributed by atoms with Crippen molar-refractivity contribution < 1.29 is 16.5 Å². The molecule has 0 aromatic heterocycles. The van der Waals surface area contributed by atoms with E-state index >= 15 is 0 Å². The molecule has 2 saturated heterocycles. The van der Waals surface area contributed by atoms with Crippen molar-refractivity contribution in [2.24, 2.45) is 20.8 Å². The first-order valence-corrected chi connectivity index (χ1v) is 9.72. The maximum atomic E-state index is 4.68. The summed E-state index contributed by atoms with van der Waals surface area (Å²) in [7, 11) is 0. The first-order valence-electron chi connectivity index (χ1n) is 9.72. The molecule has 4 nitrogen and oxygen atoms in total. The summed E-state index contributed by atoms with van der Waals surface area (Å²) in [6, 6.07) is 0. The second-order valence-corrected chi connectivity index (χ2v) is 9.38. The van der Waals surface area contributed by atoms with Gasteiger partial charge in [0.2, 0.25) is 0 Å². The molecule has 0 N–H and O–H groups in total. The van der Waals surface area contributed by atoms with Crippen LogP contribution >= 0.6 is 0 Å². The Hall–Kier alpha value is -0.566. The largest absolute Gasteiger partial charge is 2.00 e. The Bertz CT molecular complexity index is 516. The third kappa shape index (κ3) is 3.77. The van der Waals surface area contributed by atoms with Gasteiger partial charge >= 0.3 is 16.5 Å². The Balaban J connectivity index is 0.000000173. The standard InChI is InChI=1S/2C10H17N2.Ni/c2*1-4-10-5-6-11-8(10)12-9(2,3)7-10;/h2*4-7H2,1-3H3;/q2*-1;+2. The van der Waals surface area contributed by atoms with E-state index in [2.05, 4.69) is 62.2 Å². The minimum atomic E-state index is 0. The van der Waals surface area contributed by atoms with Gasteiger partial charge in [-0.2, -0.15) is 0 Å². The van der Waals surface area contributed by atoms with Gasteiger partial charge in [0, 0.05) is 0 Å². The molecule has 25 heavy (non-hydrogen) atoms. The molecule has 4 aliphatic rings. The molecule has 4 heterocycles. The third-order valence-electron chi connectivity index (χ3n) is 6.37. The van der Waals surface area contributed by atoms with Crippen molar-refractivity contribution in [3.63, 3.8) is 0 Å². The van der Waals surface area contributed by atoms with Gasteiger partial charge in [-0.3, -0.25) is 0 Å². The van der Waals surface area contributed by atoms with Crippen molar-refractivity contribution in [2.45, 2.75) is 91.1 Å². The summed E-state index contributed by atoms with van der Waals surface area (Å²) in [6.07, 6.45) is 7.28. The molecule has 4 aliphatic heterocycles. The molecule has 2 fully saturated rings. The van der Waals surface area contributed by atoms with Gasteiger partial charge in [0.25, 0.3) is 0 Å². The van der Waals surface area contributed by atoms with Gasteiger partial charge in [0.15, 0.2) is 0 Å². The molecule has 2 atom stereocenters. The van der Waals surface area contributed by atoms with Crippen molar-refractivity contribution in [2.75, 3.05) is 13.1 Å². The average molecular weight is 389 g/mol. The molecule has 144 valence electrons. The van der Waals surface area contributed by atoms with E-state index in [4.69, 9.17) is 0 Å². The van der Waals surface area contributed by atoms with Crippen LogP contribution in [0.3, 0.4) is 0 Å². The normalized spacial score (nSPS) is 35.9. The maximum Gasteiger partial charge on any atom is 2.00 e. The maximum absolute atomic E-state index is 4.68. The summed E-state index contributed by atoms with van der Waals surface area (Å²) in [5, 5.41) is 9.35. The van der Waals surface area contributed by atoms with Crippen LogP contribution in [0.2, 0.25) is 0 Å². The fourth-order valence-electron chi connectivity index (χ4n) is 5.18. The quantitative estimate of drug-likeness (QED) is 0.562. The molecule has 4 rings (SSSR count). The van der Waals surface area contributed by atoms with Crippen molar-refractivity contribution in [3.8, 4) is 0 Å². The molecular weight excluding hydrogens is 355 g/mol. The van der Waals surface area contributed by atoms with Crippen LogP contribution in [0.25, 0.3) is 10.6 Å². The number of hydrogen-bond donors (Lipinski definition) is 0. The van der Waals surface area contributed by atoms with Crippen molar-refractivity contribution in [1.82, 2.24) is 0 Å². The Morgan fingerprint density at radius 3 is 1.40 bits per heavy atom. The van der Waals surface area contributed by atoms with Gasteiger partial charge in [-0.25, -0.2) is 0 Å². The first-order chi connectivity index (χ1) is 11.2. The SMILES string of the molecule is CCC12CCN=C1[N-]C(C)(C)C2.CCC12CCN=C1[N-]C(C)(C)C2.[Ni+2]. The number of rotatable bonds is 2. The summed E-state index contributed by atoms with van der Waals surface area (Å²) >= 11 is 0. The monoisotopic (exact) mass is 388 g/mol. The fraction of sp³-hybridized carbons (Fsp3) is 0.900. The summed E-state index contributed by atoms with van der Waals surface area (Å²) in [5.74, 6) is 2.32. The molecule has 0 bridgehead atoms. The predicted octanol–water partition coefficient (Wildman–Crippen LogP) is 5.48. The van der Waals surface area contributed by atoms with Gasteiger partial charge in [-0.1, -0.05) is 66.3 Å². The molecule has 0 aliphatic carbocycles. The Kier molecular flexibility index (Phi) is 5.70. The Morgan fingerprint density at radius 2 is 1.12 bits per heavy atom. The Labute approximate surface area is 164 Å². The molecule has 5 heteroatoms. The zero-order valence-electron chi connectivity index (χ0n) is 16.8. The summed E-state index contributed by atoms with van der Waals surface area (Å²) in [5.41, 5.74) is 1.03. The van der Waals surface area contributed by atoms with E-state index in [0.29, 0.717) is 10.8 Å². The molecular formula is C20H34N4Ni. The molecule has 0 aromatic carbocycles. The number of aliphatic imine (C=N–C) groups is 2. The van der Waals surface area contributed by atoms with Crippen LogP contribution in [0.15, 0.2) is 9.98 Å². The van der Waals surface area contributed by atoms with Gasteiger partial charge in [0.1, 0.15) is 0 Å². The Morgan fingerprint density at radius 1 is 0.760 bits per heavy atom. The number of fused-ring (bicyclic) bond motifs is 2. The second-order valence-electron chi connectivity index (χ2n) is 9.38. The van der Waals surface area contributed by atoms with Gasteiger partial charge in [-0.05, 0) is 60.4 Å². The van der Waals surface area contributed by atoms with Crippen LogP contribution < -0.4 is 0 Å². The minimum absolute atomic E-state index is 0. The molecule has 0 amide bonds. The average Bonchev–Trinajstić information content (AvgIpc) is 3.14. The molecule has 0 spiro atoms. The van der Waals surface area contributed by atoms with Crippen LogP contribution in [0.1, 0.15) is 80.1 Å². The van der Waals surface area contributed by atoms with Gasteiger partial charge < -0.3 is 20.6 Å². The van der Waals surface area contributed by atoms with E-state index < -0.39 is 0 Å². The van der Waals surface area contributed by atoms with Crippen LogP contribution in [0.5, 0.6) is 0 Å².